The van der Waals surface area contributed by atoms with Crippen molar-refractivity contribution in [1.29, 1.82) is 0 Å². The van der Waals surface area contributed by atoms with Gasteiger partial charge in [-0.25, -0.2) is 4.39 Å². The number of anilines is 1. The highest BCUT2D eigenvalue weighted by Gasteiger charge is 2.42. The number of halogens is 4. The molecule has 0 radical (unpaired) electrons. The first-order chi connectivity index (χ1) is 6.75. The summed E-state index contributed by atoms with van der Waals surface area (Å²) in [6, 6.07) is 1.23. The van der Waals surface area contributed by atoms with E-state index in [2.05, 4.69) is 0 Å². The average molecular weight is 224 g/mol. The summed E-state index contributed by atoms with van der Waals surface area (Å²) in [5.74, 6) is -1.82. The highest BCUT2D eigenvalue weighted by molar-refractivity contribution is 5.54. The average Bonchev–Trinajstić information content (AvgIpc) is 2.06. The van der Waals surface area contributed by atoms with Crippen LogP contribution in [0.15, 0.2) is 12.1 Å². The van der Waals surface area contributed by atoms with E-state index in [0.717, 1.165) is 0 Å². The summed E-state index contributed by atoms with van der Waals surface area (Å²) < 4.78 is 49.7. The first-order valence-corrected chi connectivity index (χ1v) is 3.54. The third-order valence-corrected chi connectivity index (χ3v) is 1.63. The lowest BCUT2D eigenvalue weighted by Crippen LogP contribution is -2.13. The maximum atomic E-state index is 13.0. The van der Waals surface area contributed by atoms with Gasteiger partial charge in [-0.3, -0.25) is 10.1 Å². The number of nitrogens with zero attached hydrogens (tertiary/aromatic N) is 1. The molecule has 0 bridgehead atoms. The Hall–Kier alpha value is -1.86. The minimum Gasteiger partial charge on any atom is -0.396 e. The summed E-state index contributed by atoms with van der Waals surface area (Å²) in [5.41, 5.74) is 0.800. The second-order valence-corrected chi connectivity index (χ2v) is 2.62. The predicted octanol–water partition coefficient (Wildman–Crippen LogP) is 2.33. The summed E-state index contributed by atoms with van der Waals surface area (Å²) in [6.07, 6.45) is -5.15. The molecular weight excluding hydrogens is 220 g/mol. The van der Waals surface area contributed by atoms with Crippen LogP contribution in [0.1, 0.15) is 5.56 Å². The molecule has 0 aliphatic rings. The van der Waals surface area contributed by atoms with Gasteiger partial charge in [0.25, 0.3) is 5.69 Å². The monoisotopic (exact) mass is 224 g/mol. The van der Waals surface area contributed by atoms with E-state index in [1.54, 1.807) is 0 Å². The Labute approximate surface area is 80.5 Å². The molecule has 1 aromatic rings. The number of nitro groups is 1. The van der Waals surface area contributed by atoms with Crippen molar-refractivity contribution in [3.05, 3.63) is 33.6 Å². The molecule has 4 nitrogen and oxygen atoms in total. The van der Waals surface area contributed by atoms with Gasteiger partial charge in [-0.2, -0.15) is 13.2 Å². The fraction of sp³-hybridized carbons (Fsp3) is 0.143. The Morgan fingerprint density at radius 2 is 1.87 bits per heavy atom. The van der Waals surface area contributed by atoms with E-state index in [0.29, 0.717) is 12.1 Å². The van der Waals surface area contributed by atoms with Crippen LogP contribution in [0.5, 0.6) is 0 Å². The molecule has 15 heavy (non-hydrogen) atoms. The Balaban J connectivity index is 3.57. The van der Waals surface area contributed by atoms with Crippen LogP contribution >= 0.6 is 0 Å². The Kier molecular flexibility index (Phi) is 2.52. The number of alkyl halides is 3. The lowest BCUT2D eigenvalue weighted by Gasteiger charge is -2.09. The number of benzene rings is 1. The van der Waals surface area contributed by atoms with Gasteiger partial charge in [-0.05, 0) is 6.07 Å². The van der Waals surface area contributed by atoms with E-state index in [-0.39, 0.29) is 0 Å². The SMILES string of the molecule is Nc1ccc([N+](=O)[O-])c(C(F)(F)F)c1F. The minimum atomic E-state index is -5.15. The van der Waals surface area contributed by atoms with Crippen molar-refractivity contribution in [3.63, 3.8) is 0 Å². The van der Waals surface area contributed by atoms with Gasteiger partial charge in [0.05, 0.1) is 10.6 Å². The molecule has 0 heterocycles. The summed E-state index contributed by atoms with van der Waals surface area (Å²) in [4.78, 5) is 8.92. The van der Waals surface area contributed by atoms with Crippen LogP contribution in [-0.4, -0.2) is 4.92 Å². The number of nitrogens with two attached hydrogens (primary N) is 1. The maximum absolute atomic E-state index is 13.0. The van der Waals surface area contributed by atoms with Gasteiger partial charge in [0, 0.05) is 6.07 Å². The molecule has 1 rings (SSSR count). The maximum Gasteiger partial charge on any atom is 0.425 e. The number of hydrogen-bond acceptors (Lipinski definition) is 3. The minimum absolute atomic E-state index is 0.515. The smallest absolute Gasteiger partial charge is 0.396 e. The Morgan fingerprint density at radius 3 is 2.27 bits per heavy atom. The predicted molar refractivity (Wildman–Crippen MR) is 42.5 cm³/mol. The lowest BCUT2D eigenvalue weighted by atomic mass is 10.1. The fourth-order valence-electron chi connectivity index (χ4n) is 1.00. The van der Waals surface area contributed by atoms with Gasteiger partial charge in [-0.15, -0.1) is 0 Å². The van der Waals surface area contributed by atoms with E-state index in [1.165, 1.54) is 0 Å². The number of nitro benzene ring substituents is 1. The topological polar surface area (TPSA) is 69.2 Å². The van der Waals surface area contributed by atoms with Crippen molar-refractivity contribution < 1.29 is 22.5 Å². The van der Waals surface area contributed by atoms with E-state index in [4.69, 9.17) is 5.73 Å². The van der Waals surface area contributed by atoms with Gasteiger partial charge in [0.2, 0.25) is 0 Å². The third kappa shape index (κ3) is 1.97. The van der Waals surface area contributed by atoms with Crippen LogP contribution in [0.2, 0.25) is 0 Å². The standard InChI is InChI=1S/C7H4F4N2O2/c8-6-3(12)1-2-4(13(14)15)5(6)7(9,10)11/h1-2H,12H2. The Bertz CT molecular complexity index is 416. The molecule has 0 aliphatic carbocycles. The highest BCUT2D eigenvalue weighted by Crippen LogP contribution is 2.39. The van der Waals surface area contributed by atoms with Gasteiger partial charge in [0.15, 0.2) is 11.4 Å². The summed E-state index contributed by atoms with van der Waals surface area (Å²) in [7, 11) is 0. The number of nitrogen functional groups attached to an aromatic ring is 1. The van der Waals surface area contributed by atoms with E-state index >= 15 is 0 Å². The zero-order valence-corrected chi connectivity index (χ0v) is 7.01. The second-order valence-electron chi connectivity index (χ2n) is 2.62. The van der Waals surface area contributed by atoms with Crippen LogP contribution in [0.25, 0.3) is 0 Å². The molecular formula is C7H4F4N2O2. The van der Waals surface area contributed by atoms with Crippen molar-refractivity contribution >= 4 is 11.4 Å². The van der Waals surface area contributed by atoms with Crippen LogP contribution in [0.4, 0.5) is 28.9 Å². The Morgan fingerprint density at radius 1 is 1.33 bits per heavy atom. The lowest BCUT2D eigenvalue weighted by molar-refractivity contribution is -0.388. The van der Waals surface area contributed by atoms with Gasteiger partial charge in [0.1, 0.15) is 0 Å². The van der Waals surface area contributed by atoms with Crippen LogP contribution in [0, 0.1) is 15.9 Å². The number of hydrogen-bond donors (Lipinski definition) is 1. The van der Waals surface area contributed by atoms with E-state index in [9.17, 15) is 27.7 Å². The molecule has 2 N–H and O–H groups in total. The zero-order chi connectivity index (χ0) is 11.8. The van der Waals surface area contributed by atoms with Gasteiger partial charge in [-0.1, -0.05) is 0 Å². The van der Waals surface area contributed by atoms with Crippen LogP contribution < -0.4 is 5.73 Å². The normalized spacial score (nSPS) is 11.5. The molecule has 1 aromatic carbocycles. The summed E-state index contributed by atoms with van der Waals surface area (Å²) in [6.45, 7) is 0. The molecule has 0 spiro atoms. The largest absolute Gasteiger partial charge is 0.425 e. The van der Waals surface area contributed by atoms with Crippen LogP contribution in [-0.2, 0) is 6.18 Å². The molecule has 8 heteroatoms. The molecule has 0 saturated heterocycles. The molecule has 82 valence electrons. The first-order valence-electron chi connectivity index (χ1n) is 3.54. The molecule has 0 fully saturated rings. The quantitative estimate of drug-likeness (QED) is 0.344. The van der Waals surface area contributed by atoms with Crippen molar-refractivity contribution in [2.75, 3.05) is 5.73 Å². The van der Waals surface area contributed by atoms with Gasteiger partial charge >= 0.3 is 6.18 Å². The first kappa shape index (κ1) is 11.2. The van der Waals surface area contributed by atoms with Crippen molar-refractivity contribution in [3.8, 4) is 0 Å². The van der Waals surface area contributed by atoms with Crippen molar-refractivity contribution in [2.24, 2.45) is 0 Å². The summed E-state index contributed by atoms with van der Waals surface area (Å²) >= 11 is 0. The van der Waals surface area contributed by atoms with E-state index in [1.807, 2.05) is 0 Å². The molecule has 0 aromatic heterocycles. The van der Waals surface area contributed by atoms with Crippen molar-refractivity contribution in [1.82, 2.24) is 0 Å². The fourth-order valence-corrected chi connectivity index (χ4v) is 1.00. The van der Waals surface area contributed by atoms with Crippen LogP contribution in [0.3, 0.4) is 0 Å². The zero-order valence-electron chi connectivity index (χ0n) is 7.01. The third-order valence-electron chi connectivity index (χ3n) is 1.63. The molecule has 0 unspecified atom stereocenters. The molecule has 0 atom stereocenters. The molecule has 0 saturated carbocycles. The van der Waals surface area contributed by atoms with Gasteiger partial charge < -0.3 is 5.73 Å². The number of rotatable bonds is 1. The second kappa shape index (κ2) is 3.37. The highest BCUT2D eigenvalue weighted by atomic mass is 19.4. The summed E-state index contributed by atoms with van der Waals surface area (Å²) in [5, 5.41) is 10.2. The molecule has 0 amide bonds. The van der Waals surface area contributed by atoms with E-state index < -0.39 is 33.9 Å². The molecule has 0 aliphatic heterocycles. The van der Waals surface area contributed by atoms with Crippen molar-refractivity contribution in [2.45, 2.75) is 6.18 Å².